The molecule has 0 fully saturated rings. The Kier molecular flexibility index (Phi) is 3.37. The lowest BCUT2D eigenvalue weighted by molar-refractivity contribution is 0.509. The SMILES string of the molecule is c1cc2c(c(NCc3nnc4n3CCCC4)c1)CCCC2. The van der Waals surface area contributed by atoms with E-state index in [1.165, 1.54) is 55.3 Å². The van der Waals surface area contributed by atoms with Crippen LogP contribution in [-0.2, 0) is 32.4 Å². The van der Waals surface area contributed by atoms with Gasteiger partial charge in [-0.25, -0.2) is 0 Å². The molecule has 1 N–H and O–H groups in total. The first-order valence-corrected chi connectivity index (χ1v) is 8.17. The van der Waals surface area contributed by atoms with Crippen LogP contribution in [0.3, 0.4) is 0 Å². The van der Waals surface area contributed by atoms with E-state index in [-0.39, 0.29) is 0 Å². The van der Waals surface area contributed by atoms with Gasteiger partial charge in [0.25, 0.3) is 0 Å². The van der Waals surface area contributed by atoms with Gasteiger partial charge in [-0.2, -0.15) is 0 Å². The Morgan fingerprint density at radius 2 is 1.90 bits per heavy atom. The van der Waals surface area contributed by atoms with Crippen molar-refractivity contribution < 1.29 is 0 Å². The summed E-state index contributed by atoms with van der Waals surface area (Å²) in [6, 6.07) is 6.65. The number of hydrogen-bond donors (Lipinski definition) is 1. The monoisotopic (exact) mass is 282 g/mol. The van der Waals surface area contributed by atoms with E-state index in [4.69, 9.17) is 0 Å². The molecule has 0 atom stereocenters. The molecular formula is C17H22N4. The van der Waals surface area contributed by atoms with Crippen LogP contribution in [0.2, 0.25) is 0 Å². The zero-order valence-electron chi connectivity index (χ0n) is 12.4. The summed E-state index contributed by atoms with van der Waals surface area (Å²) < 4.78 is 2.30. The van der Waals surface area contributed by atoms with Gasteiger partial charge >= 0.3 is 0 Å². The average Bonchev–Trinajstić information content (AvgIpc) is 2.96. The van der Waals surface area contributed by atoms with E-state index in [2.05, 4.69) is 38.3 Å². The third-order valence-electron chi connectivity index (χ3n) is 4.77. The number of hydrogen-bond acceptors (Lipinski definition) is 3. The molecule has 4 nitrogen and oxygen atoms in total. The van der Waals surface area contributed by atoms with E-state index in [1.54, 1.807) is 0 Å². The molecule has 21 heavy (non-hydrogen) atoms. The number of aryl methyl sites for hydroxylation is 2. The lowest BCUT2D eigenvalue weighted by Crippen LogP contribution is -2.16. The van der Waals surface area contributed by atoms with Crippen LogP contribution < -0.4 is 5.32 Å². The number of fused-ring (bicyclic) bond motifs is 2. The Balaban J connectivity index is 1.54. The fourth-order valence-electron chi connectivity index (χ4n) is 3.62. The molecule has 4 heteroatoms. The van der Waals surface area contributed by atoms with Crippen molar-refractivity contribution in [1.82, 2.24) is 14.8 Å². The van der Waals surface area contributed by atoms with E-state index in [1.807, 2.05) is 0 Å². The summed E-state index contributed by atoms with van der Waals surface area (Å²) in [4.78, 5) is 0. The largest absolute Gasteiger partial charge is 0.378 e. The predicted octanol–water partition coefficient (Wildman–Crippen LogP) is 3.11. The number of benzene rings is 1. The molecule has 0 saturated heterocycles. The maximum Gasteiger partial charge on any atom is 0.152 e. The quantitative estimate of drug-likeness (QED) is 0.940. The van der Waals surface area contributed by atoms with Gasteiger partial charge in [-0.15, -0.1) is 10.2 Å². The molecule has 0 spiro atoms. The smallest absolute Gasteiger partial charge is 0.152 e. The molecule has 2 aromatic rings. The zero-order valence-corrected chi connectivity index (χ0v) is 12.4. The molecule has 1 aromatic carbocycles. The molecule has 4 rings (SSSR count). The van der Waals surface area contributed by atoms with Crippen LogP contribution in [0.4, 0.5) is 5.69 Å². The molecule has 110 valence electrons. The molecule has 1 aromatic heterocycles. The van der Waals surface area contributed by atoms with Gasteiger partial charge < -0.3 is 9.88 Å². The molecule has 1 aliphatic heterocycles. The number of rotatable bonds is 3. The number of nitrogens with zero attached hydrogens (tertiary/aromatic N) is 3. The predicted molar refractivity (Wildman–Crippen MR) is 83.4 cm³/mol. The lowest BCUT2D eigenvalue weighted by atomic mass is 9.90. The standard InChI is InChI=1S/C17H22N4/c1-2-8-14-13(6-1)7-5-9-15(14)18-12-17-20-19-16-10-3-4-11-21(16)17/h5,7,9,18H,1-4,6,8,10-12H2. The van der Waals surface area contributed by atoms with Gasteiger partial charge in [0.1, 0.15) is 5.82 Å². The Labute approximate surface area is 125 Å². The molecule has 0 radical (unpaired) electrons. The second-order valence-electron chi connectivity index (χ2n) is 6.15. The highest BCUT2D eigenvalue weighted by Gasteiger charge is 2.17. The summed E-state index contributed by atoms with van der Waals surface area (Å²) in [5.41, 5.74) is 4.33. The van der Waals surface area contributed by atoms with Gasteiger partial charge in [0.05, 0.1) is 6.54 Å². The van der Waals surface area contributed by atoms with Crippen molar-refractivity contribution >= 4 is 5.69 Å². The maximum atomic E-state index is 4.38. The summed E-state index contributed by atoms with van der Waals surface area (Å²) in [6.07, 6.45) is 8.64. The van der Waals surface area contributed by atoms with Gasteiger partial charge in [0, 0.05) is 18.7 Å². The molecule has 0 bridgehead atoms. The molecular weight excluding hydrogens is 260 g/mol. The van der Waals surface area contributed by atoms with Gasteiger partial charge in [-0.1, -0.05) is 12.1 Å². The van der Waals surface area contributed by atoms with E-state index >= 15 is 0 Å². The summed E-state index contributed by atoms with van der Waals surface area (Å²) >= 11 is 0. The van der Waals surface area contributed by atoms with Crippen molar-refractivity contribution in [2.75, 3.05) is 5.32 Å². The van der Waals surface area contributed by atoms with Crippen LogP contribution >= 0.6 is 0 Å². The van der Waals surface area contributed by atoms with Crippen molar-refractivity contribution in [2.24, 2.45) is 0 Å². The van der Waals surface area contributed by atoms with Crippen molar-refractivity contribution in [2.45, 2.75) is 58.0 Å². The van der Waals surface area contributed by atoms with Crippen LogP contribution in [0.1, 0.15) is 48.5 Å². The van der Waals surface area contributed by atoms with Gasteiger partial charge in [0.15, 0.2) is 5.82 Å². The van der Waals surface area contributed by atoms with Gasteiger partial charge in [0.2, 0.25) is 0 Å². The minimum atomic E-state index is 0.781. The molecule has 2 aliphatic rings. The highest BCUT2D eigenvalue weighted by atomic mass is 15.3. The topological polar surface area (TPSA) is 42.7 Å². The van der Waals surface area contributed by atoms with Crippen molar-refractivity contribution in [3.63, 3.8) is 0 Å². The summed E-state index contributed by atoms with van der Waals surface area (Å²) in [5.74, 6) is 2.24. The highest BCUT2D eigenvalue weighted by Crippen LogP contribution is 2.28. The first kappa shape index (κ1) is 12.9. The Morgan fingerprint density at radius 1 is 1.00 bits per heavy atom. The van der Waals surface area contributed by atoms with Gasteiger partial charge in [-0.05, 0) is 55.7 Å². The Morgan fingerprint density at radius 3 is 2.90 bits per heavy atom. The van der Waals surface area contributed by atoms with Crippen LogP contribution in [-0.4, -0.2) is 14.8 Å². The third-order valence-corrected chi connectivity index (χ3v) is 4.77. The number of anilines is 1. The number of nitrogens with one attached hydrogen (secondary N) is 1. The first-order valence-electron chi connectivity index (χ1n) is 8.17. The van der Waals surface area contributed by atoms with Crippen LogP contribution in [0.25, 0.3) is 0 Å². The van der Waals surface area contributed by atoms with Crippen LogP contribution in [0, 0.1) is 0 Å². The fraction of sp³-hybridized carbons (Fsp3) is 0.529. The summed E-state index contributed by atoms with van der Waals surface area (Å²) in [6.45, 7) is 1.86. The molecule has 0 amide bonds. The minimum absolute atomic E-state index is 0.781. The summed E-state index contributed by atoms with van der Waals surface area (Å²) in [7, 11) is 0. The van der Waals surface area contributed by atoms with E-state index in [0.29, 0.717) is 0 Å². The zero-order chi connectivity index (χ0) is 14.1. The van der Waals surface area contributed by atoms with Crippen molar-refractivity contribution in [1.29, 1.82) is 0 Å². The van der Waals surface area contributed by atoms with Crippen molar-refractivity contribution in [3.05, 3.63) is 41.0 Å². The average molecular weight is 282 g/mol. The molecule has 0 saturated carbocycles. The molecule has 2 heterocycles. The number of aromatic nitrogens is 3. The second kappa shape index (κ2) is 5.51. The fourth-order valence-corrected chi connectivity index (χ4v) is 3.62. The third kappa shape index (κ3) is 2.43. The van der Waals surface area contributed by atoms with E-state index in [9.17, 15) is 0 Å². The normalized spacial score (nSPS) is 17.1. The Bertz CT molecular complexity index is 644. The van der Waals surface area contributed by atoms with E-state index < -0.39 is 0 Å². The maximum absolute atomic E-state index is 4.38. The van der Waals surface area contributed by atoms with Gasteiger partial charge in [-0.3, -0.25) is 0 Å². The highest BCUT2D eigenvalue weighted by molar-refractivity contribution is 5.55. The van der Waals surface area contributed by atoms with E-state index in [0.717, 1.165) is 31.2 Å². The second-order valence-corrected chi connectivity index (χ2v) is 6.15. The summed E-state index contributed by atoms with van der Waals surface area (Å²) in [5, 5.41) is 12.3. The van der Waals surface area contributed by atoms with Crippen molar-refractivity contribution in [3.8, 4) is 0 Å². The first-order chi connectivity index (χ1) is 10.4. The molecule has 1 aliphatic carbocycles. The molecule has 0 unspecified atom stereocenters. The lowest BCUT2D eigenvalue weighted by Gasteiger charge is -2.20. The Hall–Kier alpha value is -1.84. The van der Waals surface area contributed by atoms with Crippen LogP contribution in [0.15, 0.2) is 18.2 Å². The minimum Gasteiger partial charge on any atom is -0.378 e. The van der Waals surface area contributed by atoms with Crippen LogP contribution in [0.5, 0.6) is 0 Å².